The number of anilines is 1. The van der Waals surface area contributed by atoms with Gasteiger partial charge in [-0.15, -0.1) is 0 Å². The summed E-state index contributed by atoms with van der Waals surface area (Å²) < 4.78 is 28.8. The Morgan fingerprint density at radius 1 is 0.900 bits per heavy atom. The van der Waals surface area contributed by atoms with Gasteiger partial charge in [-0.1, -0.05) is 77.8 Å². The molecular weight excluding hydrogens is 571 g/mol. The molecule has 2 amide bonds. The van der Waals surface area contributed by atoms with Crippen molar-refractivity contribution >= 4 is 50.9 Å². The van der Waals surface area contributed by atoms with Gasteiger partial charge in [0.15, 0.2) is 0 Å². The lowest BCUT2D eigenvalue weighted by Crippen LogP contribution is -2.55. The maximum Gasteiger partial charge on any atom is 0.304 e. The molecule has 3 aromatic carbocycles. The van der Waals surface area contributed by atoms with E-state index < -0.39 is 28.7 Å². The minimum Gasteiger partial charge on any atom is -0.352 e. The van der Waals surface area contributed by atoms with E-state index in [0.717, 1.165) is 14.2 Å². The molecule has 1 unspecified atom stereocenters. The Kier molecular flexibility index (Phi) is 11.0. The molecular formula is C29H34Cl2N4O4S. The van der Waals surface area contributed by atoms with E-state index >= 15 is 0 Å². The minimum absolute atomic E-state index is 0.0392. The molecule has 214 valence electrons. The van der Waals surface area contributed by atoms with Gasteiger partial charge in [0.2, 0.25) is 11.8 Å². The highest BCUT2D eigenvalue weighted by atomic mass is 35.5. The van der Waals surface area contributed by atoms with E-state index in [1.54, 1.807) is 48.5 Å². The highest BCUT2D eigenvalue weighted by Crippen LogP contribution is 2.25. The normalized spacial score (nSPS) is 12.3. The van der Waals surface area contributed by atoms with Crippen LogP contribution in [-0.4, -0.2) is 62.2 Å². The predicted molar refractivity (Wildman–Crippen MR) is 161 cm³/mol. The van der Waals surface area contributed by atoms with Crippen LogP contribution in [0.25, 0.3) is 0 Å². The summed E-state index contributed by atoms with van der Waals surface area (Å²) in [5, 5.41) is 3.67. The van der Waals surface area contributed by atoms with Gasteiger partial charge in [-0.25, -0.2) is 4.31 Å². The molecule has 1 N–H and O–H groups in total. The lowest BCUT2D eigenvalue weighted by molar-refractivity contribution is -0.140. The van der Waals surface area contributed by atoms with Crippen LogP contribution in [0.5, 0.6) is 0 Å². The van der Waals surface area contributed by atoms with E-state index in [0.29, 0.717) is 21.3 Å². The Hall–Kier alpha value is -3.11. The zero-order valence-corrected chi connectivity index (χ0v) is 25.2. The maximum absolute atomic E-state index is 14.2. The van der Waals surface area contributed by atoms with Crippen LogP contribution < -0.4 is 9.62 Å². The molecule has 0 aromatic heterocycles. The van der Waals surface area contributed by atoms with Crippen molar-refractivity contribution in [3.05, 3.63) is 100 Å². The zero-order valence-electron chi connectivity index (χ0n) is 22.9. The molecule has 11 heteroatoms. The number of para-hydroxylation sites is 1. The van der Waals surface area contributed by atoms with Crippen molar-refractivity contribution in [2.45, 2.75) is 38.9 Å². The third-order valence-corrected chi connectivity index (χ3v) is 8.53. The molecule has 0 spiro atoms. The van der Waals surface area contributed by atoms with Crippen LogP contribution >= 0.6 is 23.2 Å². The van der Waals surface area contributed by atoms with Gasteiger partial charge in [0, 0.05) is 43.1 Å². The standard InChI is InChI=1S/C29H34Cl2N4O4S/c1-21(2)32-29(37)27(17-22-11-7-5-8-12-22)34(19-23-15-16-24(30)18-26(23)31)28(36)20-35(40(38,39)33(3)4)25-13-9-6-10-14-25/h5-16,18,21,27H,17,19-20H2,1-4H3,(H,32,37). The number of carbonyl (C=O) groups is 2. The summed E-state index contributed by atoms with van der Waals surface area (Å²) in [6.45, 7) is 3.10. The fourth-order valence-corrected chi connectivity index (χ4v) is 5.60. The Morgan fingerprint density at radius 3 is 2.05 bits per heavy atom. The molecule has 0 saturated carbocycles. The molecule has 0 bridgehead atoms. The minimum atomic E-state index is -4.06. The zero-order chi connectivity index (χ0) is 29.4. The van der Waals surface area contributed by atoms with Crippen LogP contribution in [-0.2, 0) is 32.8 Å². The molecule has 3 aromatic rings. The highest BCUT2D eigenvalue weighted by Gasteiger charge is 2.35. The summed E-state index contributed by atoms with van der Waals surface area (Å²) in [4.78, 5) is 29.1. The summed E-state index contributed by atoms with van der Waals surface area (Å²) in [5.74, 6) is -0.931. The van der Waals surface area contributed by atoms with E-state index in [1.165, 1.54) is 19.0 Å². The van der Waals surface area contributed by atoms with E-state index in [1.807, 2.05) is 44.2 Å². The molecule has 0 radical (unpaired) electrons. The first-order chi connectivity index (χ1) is 18.9. The van der Waals surface area contributed by atoms with Crippen molar-refractivity contribution in [3.8, 4) is 0 Å². The van der Waals surface area contributed by atoms with Crippen molar-refractivity contribution in [2.75, 3.05) is 24.9 Å². The Balaban J connectivity index is 2.10. The van der Waals surface area contributed by atoms with Crippen molar-refractivity contribution in [1.29, 1.82) is 0 Å². The maximum atomic E-state index is 14.2. The number of nitrogens with one attached hydrogen (secondary N) is 1. The van der Waals surface area contributed by atoms with Gasteiger partial charge < -0.3 is 10.2 Å². The average Bonchev–Trinajstić information content (AvgIpc) is 2.90. The largest absolute Gasteiger partial charge is 0.352 e. The van der Waals surface area contributed by atoms with E-state index in [4.69, 9.17) is 23.2 Å². The topological polar surface area (TPSA) is 90.0 Å². The predicted octanol–water partition coefficient (Wildman–Crippen LogP) is 4.77. The third kappa shape index (κ3) is 8.20. The smallest absolute Gasteiger partial charge is 0.304 e. The average molecular weight is 606 g/mol. The highest BCUT2D eigenvalue weighted by molar-refractivity contribution is 7.90. The van der Waals surface area contributed by atoms with Crippen molar-refractivity contribution in [3.63, 3.8) is 0 Å². The van der Waals surface area contributed by atoms with Crippen LogP contribution in [0.1, 0.15) is 25.0 Å². The van der Waals surface area contributed by atoms with Gasteiger partial charge in [-0.3, -0.25) is 9.59 Å². The van der Waals surface area contributed by atoms with Crippen LogP contribution in [0.2, 0.25) is 10.0 Å². The Labute approximate surface area is 246 Å². The molecule has 1 atom stereocenters. The molecule has 0 heterocycles. The summed E-state index contributed by atoms with van der Waals surface area (Å²) in [7, 11) is -1.26. The number of rotatable bonds is 12. The first-order valence-electron chi connectivity index (χ1n) is 12.7. The van der Waals surface area contributed by atoms with Crippen LogP contribution in [0.3, 0.4) is 0 Å². The van der Waals surface area contributed by atoms with Gasteiger partial charge in [0.1, 0.15) is 12.6 Å². The van der Waals surface area contributed by atoms with E-state index in [9.17, 15) is 18.0 Å². The second-order valence-electron chi connectivity index (χ2n) is 9.76. The number of carbonyl (C=O) groups excluding carboxylic acids is 2. The van der Waals surface area contributed by atoms with Gasteiger partial charge in [-0.2, -0.15) is 12.7 Å². The third-order valence-electron chi connectivity index (χ3n) is 6.12. The van der Waals surface area contributed by atoms with Gasteiger partial charge >= 0.3 is 10.2 Å². The Morgan fingerprint density at radius 2 is 1.50 bits per heavy atom. The van der Waals surface area contributed by atoms with Gasteiger partial charge in [0.05, 0.1) is 5.69 Å². The molecule has 0 aliphatic rings. The summed E-state index contributed by atoms with van der Waals surface area (Å²) in [6.07, 6.45) is 0.210. The molecule has 0 aliphatic carbocycles. The lowest BCUT2D eigenvalue weighted by atomic mass is 10.0. The number of hydrogen-bond donors (Lipinski definition) is 1. The summed E-state index contributed by atoms with van der Waals surface area (Å²) >= 11 is 12.6. The second-order valence-corrected chi connectivity index (χ2v) is 12.7. The number of hydrogen-bond acceptors (Lipinski definition) is 4. The summed E-state index contributed by atoms with van der Waals surface area (Å²) in [5.41, 5.74) is 1.73. The van der Waals surface area contributed by atoms with Gasteiger partial charge in [0.25, 0.3) is 0 Å². The molecule has 3 rings (SSSR count). The molecule has 0 saturated heterocycles. The van der Waals surface area contributed by atoms with Crippen LogP contribution in [0.4, 0.5) is 5.69 Å². The number of nitrogens with zero attached hydrogens (tertiary/aromatic N) is 3. The molecule has 40 heavy (non-hydrogen) atoms. The van der Waals surface area contributed by atoms with Gasteiger partial charge in [-0.05, 0) is 49.2 Å². The fraction of sp³-hybridized carbons (Fsp3) is 0.310. The van der Waals surface area contributed by atoms with E-state index in [2.05, 4.69) is 5.32 Å². The van der Waals surface area contributed by atoms with Crippen molar-refractivity contribution in [2.24, 2.45) is 0 Å². The van der Waals surface area contributed by atoms with Crippen molar-refractivity contribution < 1.29 is 18.0 Å². The first kappa shape index (κ1) is 31.4. The van der Waals surface area contributed by atoms with Crippen LogP contribution in [0.15, 0.2) is 78.9 Å². The summed E-state index contributed by atoms with van der Waals surface area (Å²) in [6, 6.07) is 21.5. The second kappa shape index (κ2) is 14.0. The fourth-order valence-electron chi connectivity index (χ4n) is 4.08. The monoisotopic (exact) mass is 604 g/mol. The number of amides is 2. The first-order valence-corrected chi connectivity index (χ1v) is 14.9. The lowest BCUT2D eigenvalue weighted by Gasteiger charge is -2.35. The van der Waals surface area contributed by atoms with Crippen molar-refractivity contribution in [1.82, 2.24) is 14.5 Å². The number of halogens is 2. The Bertz CT molecular complexity index is 1400. The molecule has 0 aliphatic heterocycles. The quantitative estimate of drug-likeness (QED) is 0.322. The number of benzene rings is 3. The van der Waals surface area contributed by atoms with Crippen LogP contribution in [0, 0.1) is 0 Å². The molecule has 0 fully saturated rings. The van der Waals surface area contributed by atoms with E-state index in [-0.39, 0.29) is 24.9 Å². The SMILES string of the molecule is CC(C)NC(=O)C(Cc1ccccc1)N(Cc1ccc(Cl)cc1Cl)C(=O)CN(c1ccccc1)S(=O)(=O)N(C)C. The molecule has 8 nitrogen and oxygen atoms in total.